The number of hydrogen-bond acceptors (Lipinski definition) is 6. The molecule has 3 heterocycles. The number of para-hydroxylation sites is 1. The summed E-state index contributed by atoms with van der Waals surface area (Å²) in [5.41, 5.74) is 1.03. The molecule has 0 aliphatic carbocycles. The SMILES string of the molecule is O=C(CCCCc1nc2ccccc2s1)N1CCN(S(=O)(=O)c2cccnc2)CC1. The Bertz CT molecular complexity index is 1070. The lowest BCUT2D eigenvalue weighted by Crippen LogP contribution is -2.50. The number of pyridine rings is 1. The first-order chi connectivity index (χ1) is 14.5. The average Bonchev–Trinajstić information content (AvgIpc) is 3.20. The molecule has 0 atom stereocenters. The van der Waals surface area contributed by atoms with Gasteiger partial charge in [0.25, 0.3) is 0 Å². The number of unbranched alkanes of at least 4 members (excludes halogenated alkanes) is 1. The molecule has 0 bridgehead atoms. The number of hydrogen-bond donors (Lipinski definition) is 0. The maximum absolute atomic E-state index is 12.7. The van der Waals surface area contributed by atoms with Gasteiger partial charge in [-0.15, -0.1) is 11.3 Å². The van der Waals surface area contributed by atoms with Crippen LogP contribution in [0.3, 0.4) is 0 Å². The Morgan fingerprint density at radius 1 is 1.03 bits per heavy atom. The fourth-order valence-electron chi connectivity index (χ4n) is 3.56. The molecule has 0 unspecified atom stereocenters. The first kappa shape index (κ1) is 20.9. The van der Waals surface area contributed by atoms with E-state index in [-0.39, 0.29) is 10.8 Å². The second kappa shape index (κ2) is 9.20. The number of nitrogens with zero attached hydrogens (tertiary/aromatic N) is 4. The normalized spacial score (nSPS) is 15.5. The van der Waals surface area contributed by atoms with E-state index in [0.29, 0.717) is 32.6 Å². The van der Waals surface area contributed by atoms with E-state index in [1.165, 1.54) is 15.2 Å². The lowest BCUT2D eigenvalue weighted by atomic mass is 10.1. The van der Waals surface area contributed by atoms with Crippen LogP contribution in [-0.4, -0.2) is 59.7 Å². The van der Waals surface area contributed by atoms with Gasteiger partial charge in [-0.25, -0.2) is 13.4 Å². The molecule has 1 aromatic carbocycles. The number of amides is 1. The zero-order valence-corrected chi connectivity index (χ0v) is 18.2. The van der Waals surface area contributed by atoms with E-state index in [1.807, 2.05) is 18.2 Å². The van der Waals surface area contributed by atoms with Gasteiger partial charge in [0.1, 0.15) is 4.90 Å². The number of benzene rings is 1. The van der Waals surface area contributed by atoms with Gasteiger partial charge in [-0.05, 0) is 43.5 Å². The summed E-state index contributed by atoms with van der Waals surface area (Å²) >= 11 is 1.71. The van der Waals surface area contributed by atoms with Gasteiger partial charge in [0, 0.05) is 45.0 Å². The minimum Gasteiger partial charge on any atom is -0.340 e. The molecule has 3 aromatic rings. The fraction of sp³-hybridized carbons (Fsp3) is 0.381. The Labute approximate surface area is 180 Å². The van der Waals surface area contributed by atoms with Crippen molar-refractivity contribution in [2.75, 3.05) is 26.2 Å². The molecule has 1 fully saturated rings. The highest BCUT2D eigenvalue weighted by atomic mass is 32.2. The smallest absolute Gasteiger partial charge is 0.244 e. The van der Waals surface area contributed by atoms with Gasteiger partial charge >= 0.3 is 0 Å². The second-order valence-corrected chi connectivity index (χ2v) is 10.3. The van der Waals surface area contributed by atoms with Crippen LogP contribution in [0.5, 0.6) is 0 Å². The quantitative estimate of drug-likeness (QED) is 0.523. The first-order valence-electron chi connectivity index (χ1n) is 10.1. The monoisotopic (exact) mass is 444 g/mol. The molecular weight excluding hydrogens is 420 g/mol. The summed E-state index contributed by atoms with van der Waals surface area (Å²) in [6.45, 7) is 1.48. The summed E-state index contributed by atoms with van der Waals surface area (Å²) in [6.07, 6.45) is 6.00. The van der Waals surface area contributed by atoms with Crippen molar-refractivity contribution >= 4 is 37.5 Å². The number of sulfonamides is 1. The average molecular weight is 445 g/mol. The Morgan fingerprint density at radius 3 is 2.57 bits per heavy atom. The van der Waals surface area contributed by atoms with Crippen molar-refractivity contribution in [1.82, 2.24) is 19.2 Å². The van der Waals surface area contributed by atoms with Crippen molar-refractivity contribution in [3.63, 3.8) is 0 Å². The van der Waals surface area contributed by atoms with Gasteiger partial charge in [-0.2, -0.15) is 4.31 Å². The van der Waals surface area contributed by atoms with Crippen LogP contribution in [0.4, 0.5) is 0 Å². The number of aromatic nitrogens is 2. The minimum atomic E-state index is -3.55. The number of rotatable bonds is 7. The van der Waals surface area contributed by atoms with Crippen LogP contribution in [0.25, 0.3) is 10.2 Å². The number of thiazole rings is 1. The first-order valence-corrected chi connectivity index (χ1v) is 12.3. The van der Waals surface area contributed by atoms with Crippen LogP contribution in [0, 0.1) is 0 Å². The topological polar surface area (TPSA) is 83.5 Å². The van der Waals surface area contributed by atoms with E-state index in [0.717, 1.165) is 29.8 Å². The molecule has 2 aromatic heterocycles. The van der Waals surface area contributed by atoms with Crippen molar-refractivity contribution in [3.05, 3.63) is 53.8 Å². The standard InChI is InChI=1S/C21H24N4O3S2/c26-21(10-4-3-9-20-23-18-7-1-2-8-19(18)29-20)24-12-14-25(15-13-24)30(27,28)17-6-5-11-22-16-17/h1-2,5-8,11,16H,3-4,9-10,12-15H2. The highest BCUT2D eigenvalue weighted by Gasteiger charge is 2.29. The molecule has 30 heavy (non-hydrogen) atoms. The predicted octanol–water partition coefficient (Wildman–Crippen LogP) is 2.94. The van der Waals surface area contributed by atoms with Gasteiger partial charge in [0.2, 0.25) is 15.9 Å². The summed E-state index contributed by atoms with van der Waals surface area (Å²) in [4.78, 5) is 23.0. The summed E-state index contributed by atoms with van der Waals surface area (Å²) in [5.74, 6) is 0.0951. The van der Waals surface area contributed by atoms with Gasteiger partial charge in [0.15, 0.2) is 0 Å². The molecular formula is C21H24N4O3S2. The molecule has 4 rings (SSSR count). The van der Waals surface area contributed by atoms with Crippen molar-refractivity contribution < 1.29 is 13.2 Å². The van der Waals surface area contributed by atoms with Crippen LogP contribution < -0.4 is 0 Å². The van der Waals surface area contributed by atoms with E-state index in [2.05, 4.69) is 16.0 Å². The molecule has 0 radical (unpaired) electrons. The van der Waals surface area contributed by atoms with Crippen LogP contribution in [-0.2, 0) is 21.2 Å². The Balaban J connectivity index is 1.22. The molecule has 1 aliphatic rings. The number of carbonyl (C=O) groups is 1. The summed E-state index contributed by atoms with van der Waals surface area (Å²) in [6, 6.07) is 11.3. The summed E-state index contributed by atoms with van der Waals surface area (Å²) in [7, 11) is -3.55. The van der Waals surface area contributed by atoms with E-state index in [1.54, 1.807) is 34.6 Å². The van der Waals surface area contributed by atoms with Crippen molar-refractivity contribution in [2.24, 2.45) is 0 Å². The maximum atomic E-state index is 12.7. The molecule has 1 amide bonds. The lowest BCUT2D eigenvalue weighted by molar-refractivity contribution is -0.132. The van der Waals surface area contributed by atoms with E-state index in [4.69, 9.17) is 0 Å². The largest absolute Gasteiger partial charge is 0.340 e. The van der Waals surface area contributed by atoms with Gasteiger partial charge in [-0.1, -0.05) is 12.1 Å². The van der Waals surface area contributed by atoms with Gasteiger partial charge in [0.05, 0.1) is 15.2 Å². The maximum Gasteiger partial charge on any atom is 0.244 e. The molecule has 1 aliphatic heterocycles. The Morgan fingerprint density at radius 2 is 1.83 bits per heavy atom. The van der Waals surface area contributed by atoms with Gasteiger partial charge < -0.3 is 4.90 Å². The zero-order valence-electron chi connectivity index (χ0n) is 16.6. The molecule has 158 valence electrons. The lowest BCUT2D eigenvalue weighted by Gasteiger charge is -2.34. The number of piperazine rings is 1. The molecule has 7 nitrogen and oxygen atoms in total. The predicted molar refractivity (Wildman–Crippen MR) is 117 cm³/mol. The Kier molecular flexibility index (Phi) is 6.40. The van der Waals surface area contributed by atoms with Gasteiger partial charge in [-0.3, -0.25) is 9.78 Å². The minimum absolute atomic E-state index is 0.0951. The Hall–Kier alpha value is -2.36. The van der Waals surface area contributed by atoms with Crippen molar-refractivity contribution in [2.45, 2.75) is 30.6 Å². The summed E-state index contributed by atoms with van der Waals surface area (Å²) in [5, 5.41) is 1.11. The highest BCUT2D eigenvalue weighted by molar-refractivity contribution is 7.89. The van der Waals surface area contributed by atoms with E-state index < -0.39 is 10.0 Å². The summed E-state index contributed by atoms with van der Waals surface area (Å²) < 4.78 is 27.9. The van der Waals surface area contributed by atoms with Crippen LogP contribution in [0.2, 0.25) is 0 Å². The fourth-order valence-corrected chi connectivity index (χ4v) is 5.96. The third-order valence-corrected chi connectivity index (χ3v) is 8.21. The van der Waals surface area contributed by atoms with Crippen LogP contribution >= 0.6 is 11.3 Å². The number of carbonyl (C=O) groups excluding carboxylic acids is 1. The molecule has 0 N–H and O–H groups in total. The third-order valence-electron chi connectivity index (χ3n) is 5.23. The highest BCUT2D eigenvalue weighted by Crippen LogP contribution is 2.23. The van der Waals surface area contributed by atoms with Crippen molar-refractivity contribution in [3.8, 4) is 0 Å². The van der Waals surface area contributed by atoms with E-state index in [9.17, 15) is 13.2 Å². The van der Waals surface area contributed by atoms with Crippen molar-refractivity contribution in [1.29, 1.82) is 0 Å². The molecule has 1 saturated heterocycles. The third kappa shape index (κ3) is 4.69. The molecule has 0 saturated carbocycles. The van der Waals surface area contributed by atoms with Crippen LogP contribution in [0.1, 0.15) is 24.3 Å². The number of aryl methyl sites for hydroxylation is 1. The number of fused-ring (bicyclic) bond motifs is 1. The van der Waals surface area contributed by atoms with E-state index >= 15 is 0 Å². The second-order valence-electron chi connectivity index (χ2n) is 7.26. The zero-order chi connectivity index (χ0) is 21.0. The molecule has 0 spiro atoms. The van der Waals surface area contributed by atoms with Crippen LogP contribution in [0.15, 0.2) is 53.7 Å². The molecule has 9 heteroatoms.